The van der Waals surface area contributed by atoms with Gasteiger partial charge in [-0.1, -0.05) is 12.1 Å². The standard InChI is InChI=1S/C10H13NS/c1-12-10-5-3-2-4-9(10)11-8-6-7-8/h2-5,8,11H,6-7H2,1H3. The zero-order valence-electron chi connectivity index (χ0n) is 7.21. The Labute approximate surface area is 77.6 Å². The smallest absolute Gasteiger partial charge is 0.0480 e. The van der Waals surface area contributed by atoms with Gasteiger partial charge in [0.25, 0.3) is 0 Å². The highest BCUT2D eigenvalue weighted by atomic mass is 32.2. The average Bonchev–Trinajstić information content (AvgIpc) is 2.89. The van der Waals surface area contributed by atoms with Gasteiger partial charge in [-0.3, -0.25) is 0 Å². The topological polar surface area (TPSA) is 12.0 Å². The number of nitrogens with one attached hydrogen (secondary N) is 1. The largest absolute Gasteiger partial charge is 0.381 e. The van der Waals surface area contributed by atoms with E-state index >= 15 is 0 Å². The molecular formula is C10H13NS. The van der Waals surface area contributed by atoms with Gasteiger partial charge in [0.2, 0.25) is 0 Å². The Morgan fingerprint density at radius 2 is 2.08 bits per heavy atom. The predicted molar refractivity (Wildman–Crippen MR) is 54.9 cm³/mol. The van der Waals surface area contributed by atoms with E-state index in [4.69, 9.17) is 0 Å². The van der Waals surface area contributed by atoms with Gasteiger partial charge in [-0.05, 0) is 31.2 Å². The van der Waals surface area contributed by atoms with E-state index in [-0.39, 0.29) is 0 Å². The van der Waals surface area contributed by atoms with Gasteiger partial charge >= 0.3 is 0 Å². The van der Waals surface area contributed by atoms with Crippen molar-refractivity contribution >= 4 is 17.4 Å². The molecule has 0 spiro atoms. The van der Waals surface area contributed by atoms with Crippen LogP contribution in [-0.2, 0) is 0 Å². The summed E-state index contributed by atoms with van der Waals surface area (Å²) in [7, 11) is 0. The van der Waals surface area contributed by atoms with Crippen molar-refractivity contribution in [1.82, 2.24) is 0 Å². The van der Waals surface area contributed by atoms with Crippen LogP contribution in [0.3, 0.4) is 0 Å². The molecule has 0 heterocycles. The van der Waals surface area contributed by atoms with E-state index in [1.165, 1.54) is 23.4 Å². The molecule has 64 valence electrons. The lowest BCUT2D eigenvalue weighted by atomic mass is 10.3. The summed E-state index contributed by atoms with van der Waals surface area (Å²) < 4.78 is 0. The zero-order valence-corrected chi connectivity index (χ0v) is 8.03. The first-order chi connectivity index (χ1) is 5.90. The monoisotopic (exact) mass is 179 g/mol. The Balaban J connectivity index is 2.15. The van der Waals surface area contributed by atoms with Crippen LogP contribution in [0.2, 0.25) is 0 Å². The van der Waals surface area contributed by atoms with Gasteiger partial charge < -0.3 is 5.32 Å². The number of thioether (sulfide) groups is 1. The van der Waals surface area contributed by atoms with E-state index in [1.54, 1.807) is 11.8 Å². The van der Waals surface area contributed by atoms with Crippen molar-refractivity contribution in [3.63, 3.8) is 0 Å². The molecule has 0 aliphatic heterocycles. The molecule has 0 unspecified atom stereocenters. The number of hydrogen-bond donors (Lipinski definition) is 1. The van der Waals surface area contributed by atoms with Crippen LogP contribution in [0, 0.1) is 0 Å². The first-order valence-electron chi connectivity index (χ1n) is 4.29. The SMILES string of the molecule is CSc1ccccc1NC1CC1. The number of rotatable bonds is 3. The van der Waals surface area contributed by atoms with Crippen molar-refractivity contribution in [3.8, 4) is 0 Å². The van der Waals surface area contributed by atoms with Crippen LogP contribution < -0.4 is 5.32 Å². The zero-order chi connectivity index (χ0) is 8.39. The molecule has 0 saturated heterocycles. The number of benzene rings is 1. The van der Waals surface area contributed by atoms with Crippen LogP contribution >= 0.6 is 11.8 Å². The molecule has 0 bridgehead atoms. The van der Waals surface area contributed by atoms with Crippen molar-refractivity contribution in [2.45, 2.75) is 23.8 Å². The summed E-state index contributed by atoms with van der Waals surface area (Å²) >= 11 is 1.80. The van der Waals surface area contributed by atoms with Gasteiger partial charge in [0.1, 0.15) is 0 Å². The summed E-state index contributed by atoms with van der Waals surface area (Å²) in [5.74, 6) is 0. The summed E-state index contributed by atoms with van der Waals surface area (Å²) in [4.78, 5) is 1.35. The first-order valence-corrected chi connectivity index (χ1v) is 5.52. The summed E-state index contributed by atoms with van der Waals surface area (Å²) in [5, 5.41) is 3.51. The highest BCUT2D eigenvalue weighted by molar-refractivity contribution is 7.98. The van der Waals surface area contributed by atoms with E-state index < -0.39 is 0 Å². The molecule has 0 amide bonds. The Bertz CT molecular complexity index is 268. The first kappa shape index (κ1) is 7.99. The van der Waals surface area contributed by atoms with Crippen LogP contribution in [0.4, 0.5) is 5.69 Å². The summed E-state index contributed by atoms with van der Waals surface area (Å²) in [6.07, 6.45) is 4.79. The molecule has 1 aliphatic rings. The molecule has 0 aromatic heterocycles. The Hall–Kier alpha value is -0.630. The van der Waals surface area contributed by atoms with Crippen LogP contribution in [0.15, 0.2) is 29.2 Å². The highest BCUT2D eigenvalue weighted by Crippen LogP contribution is 2.30. The molecule has 1 aromatic carbocycles. The minimum atomic E-state index is 0.748. The average molecular weight is 179 g/mol. The van der Waals surface area contributed by atoms with Crippen LogP contribution in [0.5, 0.6) is 0 Å². The van der Waals surface area contributed by atoms with Gasteiger partial charge in [-0.25, -0.2) is 0 Å². The number of para-hydroxylation sites is 1. The summed E-state index contributed by atoms with van der Waals surface area (Å²) in [6.45, 7) is 0. The Morgan fingerprint density at radius 1 is 1.33 bits per heavy atom. The maximum atomic E-state index is 3.51. The second kappa shape index (κ2) is 3.40. The lowest BCUT2D eigenvalue weighted by Crippen LogP contribution is -2.01. The van der Waals surface area contributed by atoms with E-state index in [0.717, 1.165) is 6.04 Å². The fourth-order valence-electron chi connectivity index (χ4n) is 1.21. The van der Waals surface area contributed by atoms with E-state index in [0.29, 0.717) is 0 Å². The lowest BCUT2D eigenvalue weighted by molar-refractivity contribution is 1.14. The molecule has 12 heavy (non-hydrogen) atoms. The quantitative estimate of drug-likeness (QED) is 0.716. The number of hydrogen-bond acceptors (Lipinski definition) is 2. The van der Waals surface area contributed by atoms with Gasteiger partial charge in [0.05, 0.1) is 0 Å². The summed E-state index contributed by atoms with van der Waals surface area (Å²) in [5.41, 5.74) is 1.30. The molecule has 1 aliphatic carbocycles. The summed E-state index contributed by atoms with van der Waals surface area (Å²) in [6, 6.07) is 9.24. The Morgan fingerprint density at radius 3 is 2.75 bits per heavy atom. The third kappa shape index (κ3) is 1.75. The third-order valence-corrected chi connectivity index (χ3v) is 2.84. The number of anilines is 1. The van der Waals surface area contributed by atoms with E-state index in [1.807, 2.05) is 0 Å². The van der Waals surface area contributed by atoms with Crippen molar-refractivity contribution in [1.29, 1.82) is 0 Å². The minimum Gasteiger partial charge on any atom is -0.381 e. The molecule has 1 saturated carbocycles. The molecule has 0 radical (unpaired) electrons. The van der Waals surface area contributed by atoms with Crippen molar-refractivity contribution in [2.75, 3.05) is 11.6 Å². The minimum absolute atomic E-state index is 0.748. The van der Waals surface area contributed by atoms with Gasteiger partial charge in [-0.15, -0.1) is 11.8 Å². The molecule has 1 fully saturated rings. The second-order valence-corrected chi connectivity index (χ2v) is 3.97. The fraction of sp³-hybridized carbons (Fsp3) is 0.400. The predicted octanol–water partition coefficient (Wildman–Crippen LogP) is 2.98. The van der Waals surface area contributed by atoms with E-state index in [9.17, 15) is 0 Å². The van der Waals surface area contributed by atoms with Crippen molar-refractivity contribution < 1.29 is 0 Å². The van der Waals surface area contributed by atoms with Gasteiger partial charge in [-0.2, -0.15) is 0 Å². The second-order valence-electron chi connectivity index (χ2n) is 3.12. The maximum absolute atomic E-state index is 3.51. The molecule has 2 rings (SSSR count). The van der Waals surface area contributed by atoms with Crippen molar-refractivity contribution in [3.05, 3.63) is 24.3 Å². The Kier molecular flexibility index (Phi) is 2.26. The highest BCUT2D eigenvalue weighted by Gasteiger charge is 2.21. The van der Waals surface area contributed by atoms with E-state index in [2.05, 4.69) is 35.8 Å². The molecule has 1 N–H and O–H groups in total. The normalized spacial score (nSPS) is 16.1. The lowest BCUT2D eigenvalue weighted by Gasteiger charge is -2.08. The fourth-order valence-corrected chi connectivity index (χ4v) is 1.77. The van der Waals surface area contributed by atoms with Gasteiger partial charge in [0.15, 0.2) is 0 Å². The molecule has 1 nitrogen and oxygen atoms in total. The molecular weight excluding hydrogens is 166 g/mol. The van der Waals surface area contributed by atoms with Crippen LogP contribution in [-0.4, -0.2) is 12.3 Å². The maximum Gasteiger partial charge on any atom is 0.0480 e. The molecule has 0 atom stereocenters. The van der Waals surface area contributed by atoms with Crippen LogP contribution in [0.1, 0.15) is 12.8 Å². The molecule has 1 aromatic rings. The molecule has 2 heteroatoms. The van der Waals surface area contributed by atoms with Gasteiger partial charge in [0, 0.05) is 16.6 Å². The third-order valence-electron chi connectivity index (χ3n) is 2.04. The van der Waals surface area contributed by atoms with Crippen molar-refractivity contribution in [2.24, 2.45) is 0 Å². The van der Waals surface area contributed by atoms with Crippen LogP contribution in [0.25, 0.3) is 0 Å².